The van der Waals surface area contributed by atoms with E-state index in [1.54, 1.807) is 0 Å². The number of ether oxygens (including phenoxy) is 3. The summed E-state index contributed by atoms with van der Waals surface area (Å²) in [5.41, 5.74) is -4.94. The summed E-state index contributed by atoms with van der Waals surface area (Å²) < 4.78 is 41.5. The molecule has 1 aromatic rings. The van der Waals surface area contributed by atoms with E-state index in [0.29, 0.717) is 41.3 Å². The Morgan fingerprint density at radius 1 is 0.931 bits per heavy atom. The van der Waals surface area contributed by atoms with Gasteiger partial charge < -0.3 is 43.0 Å². The highest BCUT2D eigenvalue weighted by Gasteiger charge is 2.78. The minimum Gasteiger partial charge on any atom is -0.456 e. The number of hydrogen-bond acceptors (Lipinski definition) is 12. The lowest BCUT2D eigenvalue weighted by molar-refractivity contribution is -0.345. The van der Waals surface area contributed by atoms with Crippen LogP contribution in [-0.2, 0) is 46.7 Å². The van der Waals surface area contributed by atoms with Crippen LogP contribution < -0.4 is 5.32 Å². The molecule has 13 nitrogen and oxygen atoms in total. The van der Waals surface area contributed by atoms with Gasteiger partial charge >= 0.3 is 11.9 Å². The molecule has 1 saturated heterocycles. The van der Waals surface area contributed by atoms with Crippen molar-refractivity contribution in [1.29, 1.82) is 0 Å². The van der Waals surface area contributed by atoms with Gasteiger partial charge in [0, 0.05) is 37.5 Å². The number of nitrogens with one attached hydrogen (secondary N) is 1. The zero-order valence-electron chi connectivity index (χ0n) is 47.0. The zero-order chi connectivity index (χ0) is 54.0. The Morgan fingerprint density at radius 2 is 1.50 bits per heavy atom. The third kappa shape index (κ3) is 10.9. The van der Waals surface area contributed by atoms with Crippen molar-refractivity contribution in [2.24, 2.45) is 16.7 Å². The number of hydrogen-bond donors (Lipinski definition) is 3. The van der Waals surface area contributed by atoms with Gasteiger partial charge in [-0.25, -0.2) is 4.79 Å². The van der Waals surface area contributed by atoms with Crippen LogP contribution >= 0.6 is 0 Å². The van der Waals surface area contributed by atoms with E-state index < -0.39 is 108 Å². The fourth-order valence-corrected chi connectivity index (χ4v) is 19.3. The van der Waals surface area contributed by atoms with E-state index in [2.05, 4.69) is 74.2 Å². The van der Waals surface area contributed by atoms with Crippen LogP contribution in [0, 0.1) is 16.7 Å². The fourth-order valence-electron chi connectivity index (χ4n) is 12.4. The molecule has 3 fully saturated rings. The molecule has 72 heavy (non-hydrogen) atoms. The van der Waals surface area contributed by atoms with Gasteiger partial charge in [-0.05, 0) is 104 Å². The van der Waals surface area contributed by atoms with Gasteiger partial charge in [0.15, 0.2) is 42.4 Å². The second-order valence-corrected chi connectivity index (χ2v) is 38.0. The number of Topliss-reactive ketones (excluding diaryl/α,β-unsaturated/α-hetero) is 1. The molecule has 3 N–H and O–H groups in total. The molecule has 3 aliphatic carbocycles. The monoisotopic (exact) mass is 1060 g/mol. The van der Waals surface area contributed by atoms with Gasteiger partial charge in [0.2, 0.25) is 5.91 Å². The average Bonchev–Trinajstić information content (AvgIpc) is 3.32. The molecule has 16 heteroatoms. The third-order valence-corrected chi connectivity index (χ3v) is 32.5. The van der Waals surface area contributed by atoms with Gasteiger partial charge in [-0.3, -0.25) is 14.4 Å². The summed E-state index contributed by atoms with van der Waals surface area (Å²) in [6.07, 6.45) is -2.85. The quantitative estimate of drug-likeness (QED) is 0.0410. The van der Waals surface area contributed by atoms with Crippen LogP contribution in [0.25, 0.3) is 0 Å². The molecule has 5 rings (SSSR count). The number of esters is 2. The van der Waals surface area contributed by atoms with Crippen molar-refractivity contribution in [2.45, 2.75) is 244 Å². The number of fused-ring (bicyclic) bond motifs is 5. The molecule has 1 heterocycles. The lowest BCUT2D eigenvalue weighted by Gasteiger charge is -2.68. The fraction of sp³-hybridized carbons (Fsp3) is 0.750. The number of aliphatic hydroxyl groups is 2. The molecule has 0 spiro atoms. The number of carbonyl (C=O) groups is 4. The number of benzene rings is 1. The van der Waals surface area contributed by atoms with Crippen LogP contribution in [0.15, 0.2) is 54.1 Å². The van der Waals surface area contributed by atoms with Crippen molar-refractivity contribution in [3.05, 3.63) is 59.7 Å². The van der Waals surface area contributed by atoms with E-state index in [0.717, 1.165) is 31.0 Å². The van der Waals surface area contributed by atoms with Crippen LogP contribution in [0.1, 0.15) is 147 Å². The number of aliphatic hydroxyl groups excluding tert-OH is 1. The van der Waals surface area contributed by atoms with Crippen LogP contribution in [-0.4, -0.2) is 113 Å². The topological polar surface area (TPSA) is 176 Å². The minimum atomic E-state index is -2.82. The molecule has 1 aromatic carbocycles. The van der Waals surface area contributed by atoms with Crippen molar-refractivity contribution >= 4 is 48.6 Å². The summed E-state index contributed by atoms with van der Waals surface area (Å²) >= 11 is 0. The Kier molecular flexibility index (Phi) is 19.0. The van der Waals surface area contributed by atoms with E-state index in [1.807, 2.05) is 77.2 Å². The zero-order valence-corrected chi connectivity index (χ0v) is 50.0. The molecule has 1 amide bonds. The van der Waals surface area contributed by atoms with Crippen molar-refractivity contribution in [2.75, 3.05) is 6.61 Å². The lowest BCUT2D eigenvalue weighted by atomic mass is 9.44. The number of amides is 1. The molecule has 0 aromatic heterocycles. The highest BCUT2D eigenvalue weighted by atomic mass is 28.4. The van der Waals surface area contributed by atoms with Crippen LogP contribution in [0.3, 0.4) is 0 Å². The summed E-state index contributed by atoms with van der Waals surface area (Å²) in [6, 6.07) is 12.8. The van der Waals surface area contributed by atoms with E-state index >= 15 is 9.59 Å². The van der Waals surface area contributed by atoms with Gasteiger partial charge in [-0.15, -0.1) is 6.58 Å². The molecule has 2 saturated carbocycles. The third-order valence-electron chi connectivity index (χ3n) is 18.8. The van der Waals surface area contributed by atoms with Crippen molar-refractivity contribution in [3.8, 4) is 0 Å². The molecule has 0 radical (unpaired) electrons. The second-order valence-electron chi connectivity index (χ2n) is 23.8. The summed E-state index contributed by atoms with van der Waals surface area (Å²) in [5.74, 6) is -3.16. The highest BCUT2D eigenvalue weighted by Crippen LogP contribution is 2.65. The Labute approximate surface area is 435 Å². The molecular weight excluding hydrogens is 963 g/mol. The van der Waals surface area contributed by atoms with Crippen molar-refractivity contribution in [3.63, 3.8) is 0 Å². The lowest BCUT2D eigenvalue weighted by Crippen LogP contribution is -2.82. The largest absolute Gasteiger partial charge is 0.456 e. The summed E-state index contributed by atoms with van der Waals surface area (Å²) in [5, 5.41) is 30.4. The van der Waals surface area contributed by atoms with E-state index in [9.17, 15) is 19.8 Å². The number of rotatable bonds is 23. The van der Waals surface area contributed by atoms with Gasteiger partial charge in [0.25, 0.3) is 0 Å². The van der Waals surface area contributed by atoms with Crippen LogP contribution in [0.2, 0.25) is 54.4 Å². The maximum Gasteiger partial charge on any atom is 0.337 e. The Bertz CT molecular complexity index is 2120. The Balaban J connectivity index is 1.80. The van der Waals surface area contributed by atoms with Crippen LogP contribution in [0.5, 0.6) is 0 Å². The molecule has 4 aliphatic rings. The molecule has 2 bridgehead atoms. The first-order chi connectivity index (χ1) is 33.5. The molecule has 1 aliphatic heterocycles. The van der Waals surface area contributed by atoms with Crippen LogP contribution in [0.4, 0.5) is 0 Å². The molecule has 406 valence electrons. The number of unbranched alkanes of at least 4 members (excludes halogenated alkanes) is 2. The summed E-state index contributed by atoms with van der Waals surface area (Å²) in [7, 11) is -8.04. The van der Waals surface area contributed by atoms with Gasteiger partial charge in [0.05, 0.1) is 30.3 Å². The molecule has 11 atom stereocenters. The van der Waals surface area contributed by atoms with Crippen molar-refractivity contribution in [1.82, 2.24) is 5.32 Å². The maximum atomic E-state index is 16.7. The second kappa shape index (κ2) is 22.8. The summed E-state index contributed by atoms with van der Waals surface area (Å²) in [6.45, 7) is 35.4. The smallest absolute Gasteiger partial charge is 0.337 e. The van der Waals surface area contributed by atoms with Gasteiger partial charge in [-0.2, -0.15) is 0 Å². The number of ketones is 1. The predicted molar refractivity (Wildman–Crippen MR) is 290 cm³/mol. The van der Waals surface area contributed by atoms with E-state index in [1.165, 1.54) is 6.92 Å². The van der Waals surface area contributed by atoms with Gasteiger partial charge in [-0.1, -0.05) is 113 Å². The first-order valence-corrected chi connectivity index (χ1v) is 35.2. The summed E-state index contributed by atoms with van der Waals surface area (Å²) in [4.78, 5) is 59.5. The Morgan fingerprint density at radius 3 is 2.00 bits per heavy atom. The average molecular weight is 1060 g/mol. The Hall–Kier alpha value is -2.81. The van der Waals surface area contributed by atoms with E-state index in [-0.39, 0.29) is 42.6 Å². The maximum absolute atomic E-state index is 16.7. The minimum absolute atomic E-state index is 0.0977. The number of allylic oxidation sites excluding steroid dienone is 1. The number of carbonyl (C=O) groups excluding carboxylic acids is 4. The SMILES string of the molecule is C=CCCCCC(=O)N[C@@H](c1ccccc1)[C@@H](O[Si](C)(C)C(C)(C)C)C(=O)O[C@H]1C[C@@]2(O)[C@@H](O)[C@@H]3[C@]4(OC(C)=O)CO[C@@H]4C[C@H](O[Si](CC)(CC)CC)[C@@]3(C)C(=O)[C@H](O[Si](CC)(CC)CC)C(=C1C)C2(C)C. The first-order valence-electron chi connectivity index (χ1n) is 27.2. The first kappa shape index (κ1) is 60.1. The van der Waals surface area contributed by atoms with E-state index in [4.69, 9.17) is 27.5 Å². The standard InChI is InChI=1S/C56H93NO12Si3/c1-18-25-26-30-33-43(59)57-45(39-31-28-27-29-32-39)47(68-70(16,17)52(10,11)12)51(62)65-40-35-56(63)50(61)48-54(15,49(60)46(44(37(40)8)53(56,13)14)69-72(22-5,23-6)24-7)41(67-71(19-2,20-3)21-4)34-42-55(48,36-64-42)66-38(9)58/h18,27-29,31-32,40-42,45-48,50,61,63H,1,19-26,30,33-36H2,2-17H3,(H,57,59)/t40-,41-,42+,45-,46+,47+,48-,50-,54+,55-,56+/m0/s1. The van der Waals surface area contributed by atoms with Gasteiger partial charge in [0.1, 0.15) is 23.9 Å². The van der Waals surface area contributed by atoms with Crippen molar-refractivity contribution < 1.29 is 56.9 Å². The highest BCUT2D eigenvalue weighted by molar-refractivity contribution is 6.74. The normalized spacial score (nSPS) is 30.4. The predicted octanol–water partition coefficient (Wildman–Crippen LogP) is 10.8. The molecular formula is C56H93NO12Si3. The molecule has 0 unspecified atom stereocenters.